The molecule has 0 aliphatic heterocycles. The van der Waals surface area contributed by atoms with Crippen LogP contribution in [0, 0.1) is 12.7 Å². The Morgan fingerprint density at radius 3 is 2.89 bits per heavy atom. The van der Waals surface area contributed by atoms with Crippen molar-refractivity contribution in [2.24, 2.45) is 0 Å². The lowest BCUT2D eigenvalue weighted by Crippen LogP contribution is -2.23. The molecule has 96 valence electrons. The maximum Gasteiger partial charge on any atom is 0.141 e. The molecule has 1 N–H and O–H groups in total. The molecule has 1 unspecified atom stereocenters. The van der Waals surface area contributed by atoms with Crippen molar-refractivity contribution in [3.63, 3.8) is 0 Å². The van der Waals surface area contributed by atoms with Crippen molar-refractivity contribution in [1.82, 2.24) is 10.3 Å². The first-order valence-corrected chi connectivity index (χ1v) is 6.98. The molecule has 0 spiro atoms. The van der Waals surface area contributed by atoms with Crippen LogP contribution in [0.1, 0.15) is 35.4 Å². The minimum absolute atomic E-state index is 0.0353. The molecule has 0 radical (unpaired) electrons. The van der Waals surface area contributed by atoms with Gasteiger partial charge in [-0.15, -0.1) is 11.3 Å². The first-order chi connectivity index (χ1) is 8.72. The van der Waals surface area contributed by atoms with Gasteiger partial charge in [0.15, 0.2) is 0 Å². The Morgan fingerprint density at radius 2 is 2.28 bits per heavy atom. The lowest BCUT2D eigenvalue weighted by molar-refractivity contribution is 0.584. The summed E-state index contributed by atoms with van der Waals surface area (Å²) < 4.78 is 13.3. The number of nitrogens with one attached hydrogen (secondary N) is 1. The third-order valence-electron chi connectivity index (χ3n) is 2.82. The Labute approximate surface area is 111 Å². The SMILES string of the molecule is CCCNC(c1cncc(F)c1)c1sccc1C. The highest BCUT2D eigenvalue weighted by molar-refractivity contribution is 7.10. The van der Waals surface area contributed by atoms with E-state index in [0.29, 0.717) is 0 Å². The second-order valence-electron chi connectivity index (χ2n) is 4.29. The molecule has 4 heteroatoms. The van der Waals surface area contributed by atoms with Crippen LogP contribution in [0.5, 0.6) is 0 Å². The van der Waals surface area contributed by atoms with Gasteiger partial charge in [0.1, 0.15) is 5.82 Å². The summed E-state index contributed by atoms with van der Waals surface area (Å²) in [6.45, 7) is 5.10. The molecule has 2 heterocycles. The zero-order valence-electron chi connectivity index (χ0n) is 10.6. The van der Waals surface area contributed by atoms with Crippen LogP contribution in [0.15, 0.2) is 29.9 Å². The lowest BCUT2D eigenvalue weighted by atomic mass is 10.0. The fraction of sp³-hybridized carbons (Fsp3) is 0.357. The topological polar surface area (TPSA) is 24.9 Å². The monoisotopic (exact) mass is 264 g/mol. The van der Waals surface area contributed by atoms with Crippen LogP contribution in [-0.2, 0) is 0 Å². The predicted molar refractivity (Wildman–Crippen MR) is 73.4 cm³/mol. The fourth-order valence-electron chi connectivity index (χ4n) is 1.92. The number of thiophene rings is 1. The minimum Gasteiger partial charge on any atom is -0.306 e. The Hall–Kier alpha value is -1.26. The Kier molecular flexibility index (Phi) is 4.44. The number of nitrogens with zero attached hydrogens (tertiary/aromatic N) is 1. The van der Waals surface area contributed by atoms with Gasteiger partial charge in [0.05, 0.1) is 12.2 Å². The van der Waals surface area contributed by atoms with Crippen LogP contribution in [0.2, 0.25) is 0 Å². The van der Waals surface area contributed by atoms with Gasteiger partial charge >= 0.3 is 0 Å². The van der Waals surface area contributed by atoms with Gasteiger partial charge in [0.25, 0.3) is 0 Å². The van der Waals surface area contributed by atoms with E-state index in [-0.39, 0.29) is 11.9 Å². The number of pyridine rings is 1. The van der Waals surface area contributed by atoms with Gasteiger partial charge in [-0.2, -0.15) is 0 Å². The van der Waals surface area contributed by atoms with Crippen molar-refractivity contribution in [2.75, 3.05) is 6.54 Å². The first kappa shape index (κ1) is 13.2. The van der Waals surface area contributed by atoms with Gasteiger partial charge in [-0.1, -0.05) is 6.92 Å². The molecule has 0 saturated heterocycles. The fourth-order valence-corrected chi connectivity index (χ4v) is 2.95. The normalized spacial score (nSPS) is 12.6. The molecule has 0 amide bonds. The summed E-state index contributed by atoms with van der Waals surface area (Å²) in [5, 5.41) is 5.53. The highest BCUT2D eigenvalue weighted by Crippen LogP contribution is 2.29. The molecule has 0 bridgehead atoms. The maximum atomic E-state index is 13.3. The highest BCUT2D eigenvalue weighted by atomic mass is 32.1. The highest BCUT2D eigenvalue weighted by Gasteiger charge is 2.17. The zero-order chi connectivity index (χ0) is 13.0. The third kappa shape index (κ3) is 2.94. The first-order valence-electron chi connectivity index (χ1n) is 6.10. The van der Waals surface area contributed by atoms with Crippen molar-refractivity contribution in [3.8, 4) is 0 Å². The Morgan fingerprint density at radius 1 is 1.44 bits per heavy atom. The summed E-state index contributed by atoms with van der Waals surface area (Å²) in [5.41, 5.74) is 2.12. The average Bonchev–Trinajstić information content (AvgIpc) is 2.77. The number of hydrogen-bond acceptors (Lipinski definition) is 3. The summed E-state index contributed by atoms with van der Waals surface area (Å²) in [6.07, 6.45) is 4.01. The molecule has 1 atom stereocenters. The smallest absolute Gasteiger partial charge is 0.141 e. The predicted octanol–water partition coefficient (Wildman–Crippen LogP) is 3.68. The summed E-state index contributed by atoms with van der Waals surface area (Å²) in [5.74, 6) is -0.287. The van der Waals surface area contributed by atoms with E-state index in [0.717, 1.165) is 18.5 Å². The van der Waals surface area contributed by atoms with Crippen molar-refractivity contribution >= 4 is 11.3 Å². The van der Waals surface area contributed by atoms with Crippen LogP contribution >= 0.6 is 11.3 Å². The molecule has 0 aliphatic carbocycles. The molecule has 0 aromatic carbocycles. The largest absolute Gasteiger partial charge is 0.306 e. The number of aryl methyl sites for hydroxylation is 1. The molecule has 18 heavy (non-hydrogen) atoms. The third-order valence-corrected chi connectivity index (χ3v) is 3.91. The van der Waals surface area contributed by atoms with E-state index in [2.05, 4.69) is 35.6 Å². The van der Waals surface area contributed by atoms with E-state index < -0.39 is 0 Å². The molecule has 2 nitrogen and oxygen atoms in total. The van der Waals surface area contributed by atoms with Gasteiger partial charge in [0.2, 0.25) is 0 Å². The maximum absolute atomic E-state index is 13.3. The van der Waals surface area contributed by atoms with E-state index in [1.807, 2.05) is 0 Å². The van der Waals surface area contributed by atoms with Crippen molar-refractivity contribution in [1.29, 1.82) is 0 Å². The lowest BCUT2D eigenvalue weighted by Gasteiger charge is -2.18. The number of aromatic nitrogens is 1. The molecule has 0 fully saturated rings. The van der Waals surface area contributed by atoms with Crippen LogP contribution < -0.4 is 5.32 Å². The van der Waals surface area contributed by atoms with Crippen molar-refractivity contribution in [2.45, 2.75) is 26.3 Å². The molecule has 0 aliphatic rings. The van der Waals surface area contributed by atoms with E-state index >= 15 is 0 Å². The molecule has 2 aromatic rings. The number of hydrogen-bond donors (Lipinski definition) is 1. The number of halogens is 1. The average molecular weight is 264 g/mol. The quantitative estimate of drug-likeness (QED) is 0.891. The summed E-state index contributed by atoms with van der Waals surface area (Å²) >= 11 is 1.70. The van der Waals surface area contributed by atoms with Crippen LogP contribution in [0.25, 0.3) is 0 Å². The van der Waals surface area contributed by atoms with Crippen LogP contribution in [-0.4, -0.2) is 11.5 Å². The van der Waals surface area contributed by atoms with Gasteiger partial charge in [-0.25, -0.2) is 4.39 Å². The standard InChI is InChI=1S/C14H17FN2S/c1-3-5-17-13(14-10(2)4-6-18-14)11-7-12(15)9-16-8-11/h4,6-9,13,17H,3,5H2,1-2H3. The van der Waals surface area contributed by atoms with E-state index in [1.165, 1.54) is 16.6 Å². The number of rotatable bonds is 5. The summed E-state index contributed by atoms with van der Waals surface area (Å²) in [6, 6.07) is 3.68. The second kappa shape index (κ2) is 6.07. The molecular formula is C14H17FN2S. The Balaban J connectivity index is 2.33. The van der Waals surface area contributed by atoms with E-state index in [4.69, 9.17) is 0 Å². The molecular weight excluding hydrogens is 247 g/mol. The Bertz CT molecular complexity index is 510. The van der Waals surface area contributed by atoms with Gasteiger partial charge in [-0.05, 0) is 48.5 Å². The van der Waals surface area contributed by atoms with E-state index in [9.17, 15) is 4.39 Å². The van der Waals surface area contributed by atoms with Gasteiger partial charge in [-0.3, -0.25) is 4.98 Å². The van der Waals surface area contributed by atoms with Crippen LogP contribution in [0.4, 0.5) is 4.39 Å². The van der Waals surface area contributed by atoms with Crippen LogP contribution in [0.3, 0.4) is 0 Å². The van der Waals surface area contributed by atoms with Crippen molar-refractivity contribution in [3.05, 3.63) is 51.7 Å². The summed E-state index contributed by atoms with van der Waals surface area (Å²) in [4.78, 5) is 5.17. The van der Waals surface area contributed by atoms with Gasteiger partial charge < -0.3 is 5.32 Å². The van der Waals surface area contributed by atoms with E-state index in [1.54, 1.807) is 23.6 Å². The molecule has 2 aromatic heterocycles. The van der Waals surface area contributed by atoms with Crippen molar-refractivity contribution < 1.29 is 4.39 Å². The summed E-state index contributed by atoms with van der Waals surface area (Å²) in [7, 11) is 0. The minimum atomic E-state index is -0.287. The molecule has 2 rings (SSSR count). The zero-order valence-corrected chi connectivity index (χ0v) is 11.4. The van der Waals surface area contributed by atoms with Gasteiger partial charge in [0, 0.05) is 11.1 Å². The molecule has 0 saturated carbocycles. The second-order valence-corrected chi connectivity index (χ2v) is 5.24.